The van der Waals surface area contributed by atoms with Crippen LogP contribution in [0.4, 0.5) is 0 Å². The van der Waals surface area contributed by atoms with Crippen molar-refractivity contribution in [2.24, 2.45) is 11.8 Å². The van der Waals surface area contributed by atoms with Gasteiger partial charge >= 0.3 is 20.4 Å². The topological polar surface area (TPSA) is 80.3 Å². The van der Waals surface area contributed by atoms with Gasteiger partial charge in [0, 0.05) is 11.9 Å². The van der Waals surface area contributed by atoms with Crippen molar-refractivity contribution >= 4 is 11.9 Å². The van der Waals surface area contributed by atoms with Gasteiger partial charge in [0.25, 0.3) is 0 Å². The first-order valence-electron chi connectivity index (χ1n) is 4.03. The molecule has 76 valence electrons. The number of aliphatic carboxylic acids is 2. The van der Waals surface area contributed by atoms with Crippen LogP contribution in [0.15, 0.2) is 0 Å². The molecule has 1 fully saturated rings. The van der Waals surface area contributed by atoms with Gasteiger partial charge in [-0.25, -0.2) is 0 Å². The third-order valence-electron chi connectivity index (χ3n) is 2.39. The van der Waals surface area contributed by atoms with E-state index in [1.165, 1.54) is 0 Å². The van der Waals surface area contributed by atoms with Crippen molar-refractivity contribution < 1.29 is 40.2 Å². The zero-order valence-corrected chi connectivity index (χ0v) is 8.49. The van der Waals surface area contributed by atoms with E-state index in [0.29, 0.717) is 25.7 Å². The van der Waals surface area contributed by atoms with Crippen molar-refractivity contribution in [3.63, 3.8) is 0 Å². The number of carboxylic acid groups (broad SMARTS) is 2. The molecule has 0 N–H and O–H groups in total. The van der Waals surface area contributed by atoms with Gasteiger partial charge in [0.2, 0.25) is 0 Å². The van der Waals surface area contributed by atoms with Crippen LogP contribution in [0.1, 0.15) is 25.7 Å². The Kier molecular flexibility index (Phi) is 5.19. The van der Waals surface area contributed by atoms with E-state index in [2.05, 4.69) is 0 Å². The number of carbonyl (C=O) groups is 2. The van der Waals surface area contributed by atoms with E-state index in [4.69, 9.17) is 0 Å². The molecular weight excluding hydrogens is 267 g/mol. The second-order valence-corrected chi connectivity index (χ2v) is 3.19. The van der Waals surface area contributed by atoms with Crippen molar-refractivity contribution in [3.8, 4) is 0 Å². The monoisotopic (exact) mass is 276 g/mol. The van der Waals surface area contributed by atoms with E-state index in [1.807, 2.05) is 0 Å². The summed E-state index contributed by atoms with van der Waals surface area (Å²) in [5.41, 5.74) is 0. The van der Waals surface area contributed by atoms with Crippen LogP contribution in [-0.2, 0) is 30.0 Å². The summed E-state index contributed by atoms with van der Waals surface area (Å²) in [5.74, 6) is -3.04. The number of carbonyl (C=O) groups excluding carboxylic acids is 2. The molecule has 1 aliphatic carbocycles. The van der Waals surface area contributed by atoms with Crippen LogP contribution in [0, 0.1) is 11.8 Å². The Morgan fingerprint density at radius 2 is 1.08 bits per heavy atom. The third kappa shape index (κ3) is 3.45. The van der Waals surface area contributed by atoms with Crippen molar-refractivity contribution in [2.45, 2.75) is 25.7 Å². The molecule has 13 heavy (non-hydrogen) atoms. The average Bonchev–Trinajstić information content (AvgIpc) is 2.04. The van der Waals surface area contributed by atoms with E-state index < -0.39 is 23.8 Å². The normalized spacial score (nSPS) is 27.4. The Morgan fingerprint density at radius 1 is 0.846 bits per heavy atom. The molecule has 0 radical (unpaired) electrons. The molecule has 0 atom stereocenters. The predicted octanol–water partition coefficient (Wildman–Crippen LogP) is -1.71. The van der Waals surface area contributed by atoms with E-state index in [9.17, 15) is 19.8 Å². The van der Waals surface area contributed by atoms with E-state index in [0.717, 1.165) is 0 Å². The van der Waals surface area contributed by atoms with Crippen molar-refractivity contribution in [2.75, 3.05) is 0 Å². The minimum atomic E-state index is -1.06. The number of rotatable bonds is 2. The summed E-state index contributed by atoms with van der Waals surface area (Å²) in [7, 11) is 0. The van der Waals surface area contributed by atoms with Gasteiger partial charge in [-0.15, -0.1) is 0 Å². The first-order chi connectivity index (χ1) is 5.61. The molecule has 5 heteroatoms. The molecule has 0 bridgehead atoms. The number of hydrogen-bond donors (Lipinski definition) is 0. The Hall–Kier alpha value is -0.398. The molecule has 1 saturated carbocycles. The zero-order valence-electron chi connectivity index (χ0n) is 6.93. The van der Waals surface area contributed by atoms with Crippen molar-refractivity contribution in [1.82, 2.24) is 0 Å². The maximum atomic E-state index is 10.4. The molecule has 0 saturated heterocycles. The second-order valence-electron chi connectivity index (χ2n) is 3.19. The molecular formula is C8H10O4Pd. The molecule has 0 aromatic heterocycles. The second kappa shape index (κ2) is 5.36. The largest absolute Gasteiger partial charge is 2.00 e. The number of carboxylic acids is 2. The molecule has 0 amide bonds. The maximum Gasteiger partial charge on any atom is 2.00 e. The molecule has 0 aromatic carbocycles. The summed E-state index contributed by atoms with van der Waals surface area (Å²) in [6, 6.07) is 0. The van der Waals surface area contributed by atoms with Gasteiger partial charge in [-0.2, -0.15) is 0 Å². The van der Waals surface area contributed by atoms with Gasteiger partial charge in [0.15, 0.2) is 0 Å². The summed E-state index contributed by atoms with van der Waals surface area (Å²) in [6.45, 7) is 0. The molecule has 0 spiro atoms. The fraction of sp³-hybridized carbons (Fsp3) is 0.750. The smallest absolute Gasteiger partial charge is 0.550 e. The standard InChI is InChI=1S/C8H12O4.Pd/c9-7(10)5-1-2-6(4-3-5)8(11)12;/h5-6H,1-4H2,(H,9,10)(H,11,12);/q;+2/p-2/t5-,6-;. The molecule has 1 rings (SSSR count). The van der Waals surface area contributed by atoms with Crippen LogP contribution in [0.3, 0.4) is 0 Å². The summed E-state index contributed by atoms with van der Waals surface area (Å²) in [6.07, 6.45) is 1.62. The molecule has 0 unspecified atom stereocenters. The fourth-order valence-corrected chi connectivity index (χ4v) is 1.56. The number of hydrogen-bond acceptors (Lipinski definition) is 4. The van der Waals surface area contributed by atoms with Crippen LogP contribution in [0.5, 0.6) is 0 Å². The molecule has 0 heterocycles. The fourth-order valence-electron chi connectivity index (χ4n) is 1.56. The van der Waals surface area contributed by atoms with E-state index in [-0.39, 0.29) is 20.4 Å². The van der Waals surface area contributed by atoms with Crippen molar-refractivity contribution in [3.05, 3.63) is 0 Å². The zero-order chi connectivity index (χ0) is 9.14. The first kappa shape index (κ1) is 12.6. The SMILES string of the molecule is O=C([O-])[C@H]1CC[C@H](C(=O)[O-])CC1.[Pd+2]. The van der Waals surface area contributed by atoms with Gasteiger partial charge < -0.3 is 19.8 Å². The Labute approximate surface area is 90.0 Å². The summed E-state index contributed by atoms with van der Waals surface area (Å²) in [5, 5.41) is 20.7. The van der Waals surface area contributed by atoms with Gasteiger partial charge in [-0.05, 0) is 37.5 Å². The summed E-state index contributed by atoms with van der Waals surface area (Å²) >= 11 is 0. The van der Waals surface area contributed by atoms with Gasteiger partial charge in [-0.3, -0.25) is 0 Å². The summed E-state index contributed by atoms with van der Waals surface area (Å²) < 4.78 is 0. The predicted molar refractivity (Wildman–Crippen MR) is 35.5 cm³/mol. The molecule has 1 aliphatic rings. The Bertz CT molecular complexity index is 174. The molecule has 4 nitrogen and oxygen atoms in total. The van der Waals surface area contributed by atoms with Crippen LogP contribution in [0.2, 0.25) is 0 Å². The molecule has 0 aliphatic heterocycles. The van der Waals surface area contributed by atoms with E-state index >= 15 is 0 Å². The van der Waals surface area contributed by atoms with Gasteiger partial charge in [0.1, 0.15) is 0 Å². The average molecular weight is 277 g/mol. The maximum absolute atomic E-state index is 10.4. The third-order valence-corrected chi connectivity index (χ3v) is 2.39. The Balaban J connectivity index is 0.00000144. The molecule has 0 aromatic rings. The minimum absolute atomic E-state index is 0. The van der Waals surface area contributed by atoms with Crippen molar-refractivity contribution in [1.29, 1.82) is 0 Å². The van der Waals surface area contributed by atoms with Crippen LogP contribution in [0.25, 0.3) is 0 Å². The Morgan fingerprint density at radius 3 is 1.23 bits per heavy atom. The van der Waals surface area contributed by atoms with Gasteiger partial charge in [-0.1, -0.05) is 0 Å². The summed E-state index contributed by atoms with van der Waals surface area (Å²) in [4.78, 5) is 20.7. The van der Waals surface area contributed by atoms with Crippen LogP contribution in [-0.4, -0.2) is 11.9 Å². The van der Waals surface area contributed by atoms with Crippen LogP contribution >= 0.6 is 0 Å². The van der Waals surface area contributed by atoms with Crippen LogP contribution < -0.4 is 10.2 Å². The van der Waals surface area contributed by atoms with E-state index in [1.54, 1.807) is 0 Å². The first-order valence-corrected chi connectivity index (χ1v) is 4.03. The quantitative estimate of drug-likeness (QED) is 0.563. The van der Waals surface area contributed by atoms with Gasteiger partial charge in [0.05, 0.1) is 0 Å². The minimum Gasteiger partial charge on any atom is -0.550 e.